The van der Waals surface area contributed by atoms with Crippen molar-refractivity contribution in [2.75, 3.05) is 0 Å². The number of ketones is 1. The molecule has 0 unspecified atom stereocenters. The van der Waals surface area contributed by atoms with E-state index in [4.69, 9.17) is 23.2 Å². The van der Waals surface area contributed by atoms with Crippen LogP contribution in [-0.4, -0.2) is 10.8 Å². The predicted octanol–water partition coefficient (Wildman–Crippen LogP) is 5.01. The molecule has 0 bridgehead atoms. The van der Waals surface area contributed by atoms with Gasteiger partial charge in [-0.3, -0.25) is 4.79 Å². The molecule has 1 aromatic heterocycles. The number of aromatic amines is 1. The van der Waals surface area contributed by atoms with E-state index in [9.17, 15) is 4.79 Å². The minimum Gasteiger partial charge on any atom is -0.360 e. The fourth-order valence-electron chi connectivity index (χ4n) is 2.27. The van der Waals surface area contributed by atoms with Crippen molar-refractivity contribution in [2.24, 2.45) is 0 Å². The first-order chi connectivity index (χ1) is 9.58. The van der Waals surface area contributed by atoms with Gasteiger partial charge in [0.1, 0.15) is 0 Å². The number of H-pyrrole nitrogens is 1. The average Bonchev–Trinajstić information content (AvgIpc) is 2.81. The molecule has 0 spiro atoms. The Morgan fingerprint density at radius 1 is 1.10 bits per heavy atom. The summed E-state index contributed by atoms with van der Waals surface area (Å²) in [5.74, 6) is -0.169. The van der Waals surface area contributed by atoms with E-state index in [-0.39, 0.29) is 5.78 Å². The lowest BCUT2D eigenvalue weighted by atomic mass is 10.0. The Kier molecular flexibility index (Phi) is 3.28. The number of hydrogen-bond donors (Lipinski definition) is 1. The minimum absolute atomic E-state index is 0.169. The topological polar surface area (TPSA) is 32.9 Å². The molecule has 0 amide bonds. The third-order valence-electron chi connectivity index (χ3n) is 3.27. The number of carbonyl (C=O) groups is 1. The van der Waals surface area contributed by atoms with Gasteiger partial charge < -0.3 is 4.98 Å². The lowest BCUT2D eigenvalue weighted by molar-refractivity contribution is 0.104. The summed E-state index contributed by atoms with van der Waals surface area (Å²) in [5.41, 5.74) is 2.94. The van der Waals surface area contributed by atoms with Gasteiger partial charge in [0, 0.05) is 22.7 Å². The van der Waals surface area contributed by atoms with Gasteiger partial charge in [0.05, 0.1) is 15.6 Å². The highest BCUT2D eigenvalue weighted by atomic mass is 35.5. The molecule has 20 heavy (non-hydrogen) atoms. The van der Waals surface area contributed by atoms with Crippen molar-refractivity contribution in [1.82, 2.24) is 4.98 Å². The number of aromatic nitrogens is 1. The second-order valence-corrected chi connectivity index (χ2v) is 5.49. The van der Waals surface area contributed by atoms with E-state index in [1.165, 1.54) is 0 Å². The van der Waals surface area contributed by atoms with E-state index in [0.29, 0.717) is 21.2 Å². The van der Waals surface area contributed by atoms with Crippen LogP contribution in [0.1, 0.15) is 21.5 Å². The molecule has 3 aromatic rings. The third-order valence-corrected chi connectivity index (χ3v) is 3.90. The van der Waals surface area contributed by atoms with Crippen LogP contribution in [0.25, 0.3) is 10.9 Å². The summed E-state index contributed by atoms with van der Waals surface area (Å²) in [7, 11) is 0. The van der Waals surface area contributed by atoms with Gasteiger partial charge in [-0.25, -0.2) is 0 Å². The highest BCUT2D eigenvalue weighted by Crippen LogP contribution is 2.29. The Labute approximate surface area is 126 Å². The normalized spacial score (nSPS) is 10.9. The summed E-state index contributed by atoms with van der Waals surface area (Å²) in [6, 6.07) is 11.0. The number of fused-ring (bicyclic) bond motifs is 1. The molecule has 0 atom stereocenters. The molecule has 0 aliphatic heterocycles. The molecular weight excluding hydrogens is 293 g/mol. The minimum atomic E-state index is -0.169. The molecular formula is C16H11Cl2NO. The molecule has 0 radical (unpaired) electrons. The van der Waals surface area contributed by atoms with Crippen LogP contribution in [0.5, 0.6) is 0 Å². The predicted molar refractivity (Wildman–Crippen MR) is 82.9 cm³/mol. The third kappa shape index (κ3) is 2.11. The maximum atomic E-state index is 12.7. The van der Waals surface area contributed by atoms with E-state index in [1.54, 1.807) is 24.4 Å². The van der Waals surface area contributed by atoms with Gasteiger partial charge in [0.15, 0.2) is 5.78 Å². The molecule has 1 N–H and O–H groups in total. The van der Waals surface area contributed by atoms with Gasteiger partial charge in [-0.05, 0) is 31.2 Å². The van der Waals surface area contributed by atoms with Crippen LogP contribution < -0.4 is 0 Å². The quantitative estimate of drug-likeness (QED) is 0.663. The highest BCUT2D eigenvalue weighted by Gasteiger charge is 2.19. The lowest BCUT2D eigenvalue weighted by Gasteiger charge is -2.05. The average molecular weight is 304 g/mol. The van der Waals surface area contributed by atoms with Crippen LogP contribution in [0, 0.1) is 6.92 Å². The largest absolute Gasteiger partial charge is 0.360 e. The number of carbonyl (C=O) groups excluding carboxylic acids is 1. The van der Waals surface area contributed by atoms with Gasteiger partial charge >= 0.3 is 0 Å². The number of nitrogens with one attached hydrogen (secondary N) is 1. The number of aryl methyl sites for hydroxylation is 1. The molecule has 0 saturated heterocycles. The van der Waals surface area contributed by atoms with Crippen molar-refractivity contribution in [2.45, 2.75) is 6.92 Å². The maximum Gasteiger partial charge on any atom is 0.198 e. The van der Waals surface area contributed by atoms with E-state index in [1.807, 2.05) is 25.1 Å². The van der Waals surface area contributed by atoms with Crippen molar-refractivity contribution >= 4 is 39.9 Å². The van der Waals surface area contributed by atoms with Crippen molar-refractivity contribution in [3.8, 4) is 0 Å². The summed E-state index contributed by atoms with van der Waals surface area (Å²) in [5, 5.41) is 1.61. The van der Waals surface area contributed by atoms with E-state index in [0.717, 1.165) is 16.5 Å². The van der Waals surface area contributed by atoms with Crippen LogP contribution >= 0.6 is 23.2 Å². The van der Waals surface area contributed by atoms with Gasteiger partial charge in [-0.2, -0.15) is 0 Å². The van der Waals surface area contributed by atoms with Gasteiger partial charge in [-0.15, -0.1) is 0 Å². The Bertz CT molecular complexity index is 800. The van der Waals surface area contributed by atoms with Gasteiger partial charge in [0.2, 0.25) is 0 Å². The molecule has 0 aliphatic rings. The first-order valence-corrected chi connectivity index (χ1v) is 6.90. The highest BCUT2D eigenvalue weighted by molar-refractivity contribution is 6.41. The van der Waals surface area contributed by atoms with Crippen LogP contribution in [-0.2, 0) is 0 Å². The molecule has 1 heterocycles. The zero-order valence-electron chi connectivity index (χ0n) is 10.7. The fourth-order valence-corrected chi connectivity index (χ4v) is 2.84. The summed E-state index contributed by atoms with van der Waals surface area (Å²) >= 11 is 12.2. The number of rotatable bonds is 2. The van der Waals surface area contributed by atoms with Crippen LogP contribution in [0.15, 0.2) is 42.6 Å². The number of hydrogen-bond acceptors (Lipinski definition) is 1. The lowest BCUT2D eigenvalue weighted by Crippen LogP contribution is -2.02. The Morgan fingerprint density at radius 3 is 2.50 bits per heavy atom. The summed E-state index contributed by atoms with van der Waals surface area (Å²) in [6.07, 6.45) is 1.70. The summed E-state index contributed by atoms with van der Waals surface area (Å²) < 4.78 is 0. The zero-order chi connectivity index (χ0) is 14.3. The van der Waals surface area contributed by atoms with Crippen LogP contribution in [0.4, 0.5) is 0 Å². The Balaban J connectivity index is 2.21. The first kappa shape index (κ1) is 13.2. The number of halogens is 2. The van der Waals surface area contributed by atoms with Crippen LogP contribution in [0.2, 0.25) is 10.0 Å². The molecule has 3 rings (SSSR count). The van der Waals surface area contributed by atoms with E-state index < -0.39 is 0 Å². The van der Waals surface area contributed by atoms with Gasteiger partial charge in [-0.1, -0.05) is 40.9 Å². The Hall–Kier alpha value is -1.77. The van der Waals surface area contributed by atoms with Crippen molar-refractivity contribution < 1.29 is 4.79 Å². The smallest absolute Gasteiger partial charge is 0.198 e. The summed E-state index contributed by atoms with van der Waals surface area (Å²) in [6.45, 7) is 1.99. The second kappa shape index (κ2) is 4.97. The van der Waals surface area contributed by atoms with Gasteiger partial charge in [0.25, 0.3) is 0 Å². The summed E-state index contributed by atoms with van der Waals surface area (Å²) in [4.78, 5) is 15.8. The molecule has 100 valence electrons. The fraction of sp³-hybridized carbons (Fsp3) is 0.0625. The molecule has 2 nitrogen and oxygen atoms in total. The zero-order valence-corrected chi connectivity index (χ0v) is 12.2. The van der Waals surface area contributed by atoms with E-state index >= 15 is 0 Å². The molecule has 2 aromatic carbocycles. The monoisotopic (exact) mass is 303 g/mol. The first-order valence-electron chi connectivity index (χ1n) is 6.14. The van der Waals surface area contributed by atoms with Crippen molar-refractivity contribution in [1.29, 1.82) is 0 Å². The standard InChI is InChI=1S/C16H11Cl2NO/c1-9-5-6-14-10(7-9)11(8-19-14)16(20)15-12(17)3-2-4-13(15)18/h2-8,19H,1H3. The molecule has 0 fully saturated rings. The number of benzene rings is 2. The Morgan fingerprint density at radius 2 is 1.80 bits per heavy atom. The molecule has 0 aliphatic carbocycles. The van der Waals surface area contributed by atoms with Crippen molar-refractivity contribution in [3.63, 3.8) is 0 Å². The van der Waals surface area contributed by atoms with Crippen LogP contribution in [0.3, 0.4) is 0 Å². The maximum absolute atomic E-state index is 12.7. The van der Waals surface area contributed by atoms with Crippen molar-refractivity contribution in [3.05, 3.63) is 69.3 Å². The van der Waals surface area contributed by atoms with E-state index in [2.05, 4.69) is 4.98 Å². The molecule has 0 saturated carbocycles. The second-order valence-electron chi connectivity index (χ2n) is 4.68. The molecule has 4 heteroatoms. The SMILES string of the molecule is Cc1ccc2[nH]cc(C(=O)c3c(Cl)cccc3Cl)c2c1.